The Balaban J connectivity index is 1.52. The molecule has 1 aromatic carbocycles. The maximum atomic E-state index is 5.92. The van der Waals surface area contributed by atoms with E-state index in [1.807, 2.05) is 0 Å². The lowest BCUT2D eigenvalue weighted by Gasteiger charge is -2.31. The predicted octanol–water partition coefficient (Wildman–Crippen LogP) is 1.81. The molecule has 3 nitrogen and oxygen atoms in total. The standard InChI is InChI=1S/C14H19N3/c15-14(17-7-4-8-17)16-10-12-9-13(12)11-5-2-1-3-6-11/h1-3,5-6,12-13H,4,7-10H2,(H2,15,16)/t12-,13-/m0/s1. The van der Waals surface area contributed by atoms with E-state index >= 15 is 0 Å². The van der Waals surface area contributed by atoms with Gasteiger partial charge in [0.15, 0.2) is 5.96 Å². The zero-order chi connectivity index (χ0) is 11.7. The highest BCUT2D eigenvalue weighted by Gasteiger charge is 2.37. The van der Waals surface area contributed by atoms with Gasteiger partial charge in [0.05, 0.1) is 0 Å². The molecule has 0 amide bonds. The number of likely N-dealkylation sites (tertiary alicyclic amines) is 1. The lowest BCUT2D eigenvalue weighted by molar-refractivity contribution is 0.295. The number of aliphatic imine (C=N–C) groups is 1. The summed E-state index contributed by atoms with van der Waals surface area (Å²) < 4.78 is 0. The molecule has 0 bridgehead atoms. The molecule has 2 atom stereocenters. The van der Waals surface area contributed by atoms with Crippen LogP contribution in [0.4, 0.5) is 0 Å². The van der Waals surface area contributed by atoms with E-state index in [2.05, 4.69) is 40.2 Å². The molecule has 1 heterocycles. The van der Waals surface area contributed by atoms with Crippen molar-refractivity contribution in [1.29, 1.82) is 0 Å². The van der Waals surface area contributed by atoms with E-state index in [-0.39, 0.29) is 0 Å². The van der Waals surface area contributed by atoms with Crippen LogP contribution < -0.4 is 5.73 Å². The van der Waals surface area contributed by atoms with Crippen LogP contribution in [-0.2, 0) is 0 Å². The molecular weight excluding hydrogens is 210 g/mol. The Morgan fingerprint density at radius 1 is 1.29 bits per heavy atom. The highest BCUT2D eigenvalue weighted by atomic mass is 15.3. The lowest BCUT2D eigenvalue weighted by Crippen LogP contribution is -2.46. The Bertz CT molecular complexity index is 409. The Kier molecular flexibility index (Phi) is 2.75. The first kappa shape index (κ1) is 10.6. The van der Waals surface area contributed by atoms with Gasteiger partial charge in [0, 0.05) is 19.6 Å². The first-order chi connectivity index (χ1) is 8.34. The average molecular weight is 229 g/mol. The first-order valence-corrected chi connectivity index (χ1v) is 6.44. The Morgan fingerprint density at radius 2 is 2.06 bits per heavy atom. The van der Waals surface area contributed by atoms with Crippen molar-refractivity contribution < 1.29 is 0 Å². The number of benzene rings is 1. The third kappa shape index (κ3) is 2.28. The molecule has 0 spiro atoms. The zero-order valence-corrected chi connectivity index (χ0v) is 10.0. The second-order valence-electron chi connectivity index (χ2n) is 5.05. The summed E-state index contributed by atoms with van der Waals surface area (Å²) in [5, 5.41) is 0. The van der Waals surface area contributed by atoms with Crippen molar-refractivity contribution in [3.05, 3.63) is 35.9 Å². The van der Waals surface area contributed by atoms with Crippen LogP contribution in [0.15, 0.2) is 35.3 Å². The number of hydrogen-bond acceptors (Lipinski definition) is 1. The molecule has 2 aliphatic rings. The molecule has 0 radical (unpaired) electrons. The SMILES string of the molecule is NC(=NC[C@@H]1C[C@H]1c1ccccc1)N1CCC1. The number of nitrogens with zero attached hydrogens (tertiary/aromatic N) is 2. The van der Waals surface area contributed by atoms with Crippen molar-refractivity contribution in [3.63, 3.8) is 0 Å². The normalized spacial score (nSPS) is 27.8. The second-order valence-corrected chi connectivity index (χ2v) is 5.05. The first-order valence-electron chi connectivity index (χ1n) is 6.44. The molecule has 3 rings (SSSR count). The van der Waals surface area contributed by atoms with Crippen LogP contribution in [0.25, 0.3) is 0 Å². The summed E-state index contributed by atoms with van der Waals surface area (Å²) in [7, 11) is 0. The van der Waals surface area contributed by atoms with Gasteiger partial charge >= 0.3 is 0 Å². The number of guanidine groups is 1. The summed E-state index contributed by atoms with van der Waals surface area (Å²) in [5.41, 5.74) is 7.37. The van der Waals surface area contributed by atoms with Gasteiger partial charge in [0.2, 0.25) is 0 Å². The summed E-state index contributed by atoms with van der Waals surface area (Å²) in [4.78, 5) is 6.66. The monoisotopic (exact) mass is 229 g/mol. The fourth-order valence-corrected chi connectivity index (χ4v) is 2.41. The molecule has 17 heavy (non-hydrogen) atoms. The van der Waals surface area contributed by atoms with Crippen LogP contribution in [0.5, 0.6) is 0 Å². The van der Waals surface area contributed by atoms with Crippen molar-refractivity contribution in [3.8, 4) is 0 Å². The van der Waals surface area contributed by atoms with Gasteiger partial charge < -0.3 is 10.6 Å². The van der Waals surface area contributed by atoms with Crippen molar-refractivity contribution in [2.24, 2.45) is 16.6 Å². The molecule has 0 aromatic heterocycles. The lowest BCUT2D eigenvalue weighted by atomic mass is 10.1. The Morgan fingerprint density at radius 3 is 2.71 bits per heavy atom. The Hall–Kier alpha value is -1.51. The van der Waals surface area contributed by atoms with Gasteiger partial charge in [0.1, 0.15) is 0 Å². The summed E-state index contributed by atoms with van der Waals surface area (Å²) in [6.07, 6.45) is 2.52. The van der Waals surface area contributed by atoms with Crippen molar-refractivity contribution in [2.45, 2.75) is 18.8 Å². The van der Waals surface area contributed by atoms with Crippen molar-refractivity contribution in [2.75, 3.05) is 19.6 Å². The smallest absolute Gasteiger partial charge is 0.191 e. The van der Waals surface area contributed by atoms with E-state index < -0.39 is 0 Å². The van der Waals surface area contributed by atoms with Gasteiger partial charge in [-0.1, -0.05) is 30.3 Å². The molecule has 2 fully saturated rings. The van der Waals surface area contributed by atoms with Gasteiger partial charge in [-0.3, -0.25) is 4.99 Å². The van der Waals surface area contributed by atoms with E-state index in [0.29, 0.717) is 11.8 Å². The third-order valence-corrected chi connectivity index (χ3v) is 3.82. The van der Waals surface area contributed by atoms with Crippen molar-refractivity contribution in [1.82, 2.24) is 4.90 Å². The molecule has 0 unspecified atom stereocenters. The fourth-order valence-electron chi connectivity index (χ4n) is 2.41. The summed E-state index contributed by atoms with van der Waals surface area (Å²) in [6.45, 7) is 3.06. The average Bonchev–Trinajstić information content (AvgIpc) is 3.05. The minimum Gasteiger partial charge on any atom is -0.370 e. The topological polar surface area (TPSA) is 41.6 Å². The van der Waals surface area contributed by atoms with Crippen LogP contribution in [0.3, 0.4) is 0 Å². The van der Waals surface area contributed by atoms with Crippen molar-refractivity contribution >= 4 is 5.96 Å². The number of hydrogen-bond donors (Lipinski definition) is 1. The van der Waals surface area contributed by atoms with Gasteiger partial charge in [-0.05, 0) is 30.2 Å². The number of rotatable bonds is 3. The molecule has 1 aliphatic heterocycles. The molecule has 1 saturated heterocycles. The molecule has 3 heteroatoms. The van der Waals surface area contributed by atoms with Crippen LogP contribution in [0.2, 0.25) is 0 Å². The molecule has 1 aromatic rings. The summed E-state index contributed by atoms with van der Waals surface area (Å²) >= 11 is 0. The number of nitrogens with two attached hydrogens (primary N) is 1. The van der Waals surface area contributed by atoms with Crippen LogP contribution >= 0.6 is 0 Å². The largest absolute Gasteiger partial charge is 0.370 e. The zero-order valence-electron chi connectivity index (χ0n) is 10.0. The van der Waals surface area contributed by atoms with Gasteiger partial charge in [0.25, 0.3) is 0 Å². The van der Waals surface area contributed by atoms with E-state index in [4.69, 9.17) is 5.73 Å². The minimum atomic E-state index is 0.706. The molecule has 90 valence electrons. The molecule has 1 aliphatic carbocycles. The van der Waals surface area contributed by atoms with E-state index in [9.17, 15) is 0 Å². The fraction of sp³-hybridized carbons (Fsp3) is 0.500. The third-order valence-electron chi connectivity index (χ3n) is 3.82. The van der Waals surface area contributed by atoms with Crippen LogP contribution in [0, 0.1) is 5.92 Å². The van der Waals surface area contributed by atoms with E-state index in [0.717, 1.165) is 25.6 Å². The second kappa shape index (κ2) is 4.40. The predicted molar refractivity (Wildman–Crippen MR) is 70.0 cm³/mol. The molecular formula is C14H19N3. The van der Waals surface area contributed by atoms with Crippen LogP contribution in [0.1, 0.15) is 24.3 Å². The van der Waals surface area contributed by atoms with Gasteiger partial charge in [-0.15, -0.1) is 0 Å². The maximum Gasteiger partial charge on any atom is 0.191 e. The van der Waals surface area contributed by atoms with E-state index in [1.54, 1.807) is 0 Å². The molecule has 2 N–H and O–H groups in total. The maximum absolute atomic E-state index is 5.92. The van der Waals surface area contributed by atoms with Gasteiger partial charge in [-0.25, -0.2) is 0 Å². The summed E-state index contributed by atoms with van der Waals surface area (Å²) in [6, 6.07) is 10.7. The van der Waals surface area contributed by atoms with Gasteiger partial charge in [-0.2, -0.15) is 0 Å². The Labute approximate surface area is 102 Å². The quantitative estimate of drug-likeness (QED) is 0.634. The van der Waals surface area contributed by atoms with Crippen LogP contribution in [-0.4, -0.2) is 30.5 Å². The highest BCUT2D eigenvalue weighted by molar-refractivity contribution is 5.78. The molecule has 1 saturated carbocycles. The highest BCUT2D eigenvalue weighted by Crippen LogP contribution is 2.47. The summed E-state index contributed by atoms with van der Waals surface area (Å²) in [5.74, 6) is 2.16. The minimum absolute atomic E-state index is 0.706. The van der Waals surface area contributed by atoms with E-state index in [1.165, 1.54) is 18.4 Å².